The van der Waals surface area contributed by atoms with Crippen molar-refractivity contribution < 1.29 is 17.9 Å². The zero-order valence-electron chi connectivity index (χ0n) is 10.6. The van der Waals surface area contributed by atoms with Crippen LogP contribution in [0.3, 0.4) is 0 Å². The SMILES string of the molecule is COc1ccccc1N1CC(CS(N)(=O)=O)CC1=O. The van der Waals surface area contributed by atoms with Gasteiger partial charge in [0.1, 0.15) is 5.75 Å². The van der Waals surface area contributed by atoms with Crippen LogP contribution >= 0.6 is 0 Å². The van der Waals surface area contributed by atoms with Crippen LogP contribution in [0, 0.1) is 5.92 Å². The minimum atomic E-state index is -3.56. The number of anilines is 1. The van der Waals surface area contributed by atoms with Gasteiger partial charge in [-0.3, -0.25) is 4.79 Å². The number of ether oxygens (including phenoxy) is 1. The van der Waals surface area contributed by atoms with E-state index in [2.05, 4.69) is 0 Å². The minimum Gasteiger partial charge on any atom is -0.495 e. The van der Waals surface area contributed by atoms with Gasteiger partial charge >= 0.3 is 0 Å². The van der Waals surface area contributed by atoms with E-state index in [1.54, 1.807) is 23.1 Å². The van der Waals surface area contributed by atoms with Gasteiger partial charge in [0, 0.05) is 18.9 Å². The van der Waals surface area contributed by atoms with E-state index >= 15 is 0 Å². The maximum atomic E-state index is 12.0. The molecule has 1 aliphatic heterocycles. The average molecular weight is 284 g/mol. The molecule has 2 rings (SSSR count). The summed E-state index contributed by atoms with van der Waals surface area (Å²) in [6, 6.07) is 7.15. The second kappa shape index (κ2) is 5.18. The molecule has 1 heterocycles. The van der Waals surface area contributed by atoms with Gasteiger partial charge in [-0.1, -0.05) is 12.1 Å². The predicted octanol–water partition coefficient (Wildman–Crippen LogP) is 0.337. The summed E-state index contributed by atoms with van der Waals surface area (Å²) in [6.45, 7) is 0.343. The Kier molecular flexibility index (Phi) is 3.77. The number of rotatable bonds is 4. The van der Waals surface area contributed by atoms with Gasteiger partial charge < -0.3 is 9.64 Å². The number of methoxy groups -OCH3 is 1. The first kappa shape index (κ1) is 13.8. The topological polar surface area (TPSA) is 89.7 Å². The zero-order chi connectivity index (χ0) is 14.0. The summed E-state index contributed by atoms with van der Waals surface area (Å²) in [6.07, 6.45) is 0.189. The Hall–Kier alpha value is -1.60. The summed E-state index contributed by atoms with van der Waals surface area (Å²) < 4.78 is 27.4. The number of nitrogens with two attached hydrogens (primary N) is 1. The van der Waals surface area contributed by atoms with E-state index in [1.165, 1.54) is 7.11 Å². The smallest absolute Gasteiger partial charge is 0.227 e. The number of carbonyl (C=O) groups excluding carboxylic acids is 1. The minimum absolute atomic E-state index is 0.113. The second-order valence-corrected chi connectivity index (χ2v) is 6.23. The summed E-state index contributed by atoms with van der Waals surface area (Å²) in [5.74, 6) is 0.0300. The van der Waals surface area contributed by atoms with Crippen LogP contribution in [-0.4, -0.2) is 33.7 Å². The molecule has 1 fully saturated rings. The molecule has 7 heteroatoms. The normalized spacial score (nSPS) is 19.8. The fourth-order valence-electron chi connectivity index (χ4n) is 2.31. The Labute approximate surface area is 112 Å². The van der Waals surface area contributed by atoms with Crippen LogP contribution in [-0.2, 0) is 14.8 Å². The lowest BCUT2D eigenvalue weighted by atomic mass is 10.1. The molecule has 0 radical (unpaired) electrons. The first-order valence-corrected chi connectivity index (χ1v) is 7.56. The molecule has 1 aromatic rings. The van der Waals surface area contributed by atoms with E-state index in [4.69, 9.17) is 9.88 Å². The largest absolute Gasteiger partial charge is 0.495 e. The summed E-state index contributed by atoms with van der Waals surface area (Å²) in [5, 5.41) is 5.02. The van der Waals surface area contributed by atoms with Crippen molar-refractivity contribution in [3.8, 4) is 5.75 Å². The number of amides is 1. The molecule has 1 amide bonds. The van der Waals surface area contributed by atoms with Crippen molar-refractivity contribution in [2.45, 2.75) is 6.42 Å². The molecule has 0 aromatic heterocycles. The zero-order valence-corrected chi connectivity index (χ0v) is 11.4. The average Bonchev–Trinajstić information content (AvgIpc) is 2.67. The third-order valence-corrected chi connectivity index (χ3v) is 3.99. The summed E-state index contributed by atoms with van der Waals surface area (Å²) in [4.78, 5) is 13.5. The van der Waals surface area contributed by atoms with E-state index in [1.807, 2.05) is 6.07 Å². The monoisotopic (exact) mass is 284 g/mol. The van der Waals surface area contributed by atoms with Crippen LogP contribution in [0.15, 0.2) is 24.3 Å². The van der Waals surface area contributed by atoms with Crippen molar-refractivity contribution in [2.75, 3.05) is 24.3 Å². The third-order valence-electron chi connectivity index (χ3n) is 3.05. The maximum Gasteiger partial charge on any atom is 0.227 e. The molecular weight excluding hydrogens is 268 g/mol. The van der Waals surface area contributed by atoms with E-state index in [0.29, 0.717) is 18.0 Å². The molecule has 1 saturated heterocycles. The molecule has 0 aliphatic carbocycles. The molecule has 1 aliphatic rings. The highest BCUT2D eigenvalue weighted by Gasteiger charge is 2.33. The van der Waals surface area contributed by atoms with Crippen LogP contribution in [0.2, 0.25) is 0 Å². The number of hydrogen-bond donors (Lipinski definition) is 1. The van der Waals surface area contributed by atoms with Gasteiger partial charge in [0.05, 0.1) is 18.6 Å². The molecule has 0 saturated carbocycles. The molecule has 0 bridgehead atoms. The quantitative estimate of drug-likeness (QED) is 0.863. The van der Waals surface area contributed by atoms with Crippen LogP contribution in [0.5, 0.6) is 5.75 Å². The van der Waals surface area contributed by atoms with Crippen LogP contribution in [0.25, 0.3) is 0 Å². The summed E-state index contributed by atoms with van der Waals surface area (Å²) >= 11 is 0. The van der Waals surface area contributed by atoms with Crippen molar-refractivity contribution in [2.24, 2.45) is 11.1 Å². The number of sulfonamides is 1. The van der Waals surface area contributed by atoms with Crippen molar-refractivity contribution in [1.29, 1.82) is 0 Å². The van der Waals surface area contributed by atoms with Gasteiger partial charge in [-0.25, -0.2) is 13.6 Å². The van der Waals surface area contributed by atoms with Crippen molar-refractivity contribution in [1.82, 2.24) is 0 Å². The Balaban J connectivity index is 2.20. The molecule has 6 nitrogen and oxygen atoms in total. The Morgan fingerprint density at radius 2 is 2.11 bits per heavy atom. The molecule has 19 heavy (non-hydrogen) atoms. The van der Waals surface area contributed by atoms with Crippen LogP contribution < -0.4 is 14.8 Å². The number of hydrogen-bond acceptors (Lipinski definition) is 4. The second-order valence-electron chi connectivity index (χ2n) is 4.58. The third kappa shape index (κ3) is 3.24. The highest BCUT2D eigenvalue weighted by molar-refractivity contribution is 7.89. The fraction of sp³-hybridized carbons (Fsp3) is 0.417. The molecule has 1 aromatic carbocycles. The van der Waals surface area contributed by atoms with Crippen molar-refractivity contribution in [3.05, 3.63) is 24.3 Å². The summed E-state index contributed by atoms with van der Waals surface area (Å²) in [5.41, 5.74) is 0.659. The number of para-hydroxylation sites is 2. The fourth-order valence-corrected chi connectivity index (χ4v) is 3.19. The molecule has 2 N–H and O–H groups in total. The number of benzene rings is 1. The van der Waals surface area contributed by atoms with Gasteiger partial charge in [-0.2, -0.15) is 0 Å². The van der Waals surface area contributed by atoms with E-state index in [0.717, 1.165) is 0 Å². The lowest BCUT2D eigenvalue weighted by Gasteiger charge is -2.19. The van der Waals surface area contributed by atoms with Crippen LogP contribution in [0.4, 0.5) is 5.69 Å². The van der Waals surface area contributed by atoms with Gasteiger partial charge in [0.2, 0.25) is 15.9 Å². The van der Waals surface area contributed by atoms with E-state index < -0.39 is 10.0 Å². The van der Waals surface area contributed by atoms with Gasteiger partial charge in [0.15, 0.2) is 0 Å². The van der Waals surface area contributed by atoms with E-state index in [9.17, 15) is 13.2 Å². The number of carbonyl (C=O) groups is 1. The van der Waals surface area contributed by atoms with E-state index in [-0.39, 0.29) is 24.0 Å². The highest BCUT2D eigenvalue weighted by atomic mass is 32.2. The Morgan fingerprint density at radius 1 is 1.42 bits per heavy atom. The molecule has 1 atom stereocenters. The molecule has 104 valence electrons. The summed E-state index contributed by atoms with van der Waals surface area (Å²) in [7, 11) is -2.03. The maximum absolute atomic E-state index is 12.0. The molecule has 1 unspecified atom stereocenters. The first-order valence-electron chi connectivity index (χ1n) is 5.84. The molecule has 0 spiro atoms. The lowest BCUT2D eigenvalue weighted by Crippen LogP contribution is -2.27. The van der Waals surface area contributed by atoms with Gasteiger partial charge in [0.25, 0.3) is 0 Å². The Morgan fingerprint density at radius 3 is 2.74 bits per heavy atom. The van der Waals surface area contributed by atoms with Crippen LogP contribution in [0.1, 0.15) is 6.42 Å². The number of primary sulfonamides is 1. The van der Waals surface area contributed by atoms with Crippen molar-refractivity contribution in [3.63, 3.8) is 0 Å². The predicted molar refractivity (Wildman–Crippen MR) is 71.4 cm³/mol. The standard InChI is InChI=1S/C12H16N2O4S/c1-18-11-5-3-2-4-10(11)14-7-9(6-12(14)15)8-19(13,16)17/h2-5,9H,6-8H2,1H3,(H2,13,16,17). The molecular formula is C12H16N2O4S. The highest BCUT2D eigenvalue weighted by Crippen LogP contribution is 2.32. The number of nitrogens with zero attached hydrogens (tertiary/aromatic N) is 1. The lowest BCUT2D eigenvalue weighted by molar-refractivity contribution is -0.117. The van der Waals surface area contributed by atoms with Crippen molar-refractivity contribution >= 4 is 21.6 Å². The van der Waals surface area contributed by atoms with Gasteiger partial charge in [-0.15, -0.1) is 0 Å². The van der Waals surface area contributed by atoms with Gasteiger partial charge in [-0.05, 0) is 12.1 Å². The first-order chi connectivity index (χ1) is 8.90. The Bertz CT molecular complexity index is 585.